The SMILES string of the molecule is Cc1cccc(OC2CN(C(=O)C3CC(=O)Nc4ccc(F)cc43)C2)c1. The molecule has 2 aliphatic rings. The lowest BCUT2D eigenvalue weighted by atomic mass is 9.88. The van der Waals surface area contributed by atoms with E-state index in [0.717, 1.165) is 11.3 Å². The van der Waals surface area contributed by atoms with Crippen molar-refractivity contribution in [2.45, 2.75) is 25.4 Å². The van der Waals surface area contributed by atoms with Gasteiger partial charge in [0.05, 0.1) is 19.0 Å². The second-order valence-electron chi connectivity index (χ2n) is 6.84. The molecule has 1 atom stereocenters. The van der Waals surface area contributed by atoms with Crippen molar-refractivity contribution in [1.82, 2.24) is 4.90 Å². The van der Waals surface area contributed by atoms with Gasteiger partial charge in [0, 0.05) is 12.1 Å². The molecule has 1 saturated heterocycles. The van der Waals surface area contributed by atoms with Gasteiger partial charge in [-0.05, 0) is 48.4 Å². The van der Waals surface area contributed by atoms with Crippen LogP contribution in [0.15, 0.2) is 42.5 Å². The van der Waals surface area contributed by atoms with Crippen LogP contribution in [0.3, 0.4) is 0 Å². The number of hydrogen-bond acceptors (Lipinski definition) is 3. The van der Waals surface area contributed by atoms with E-state index >= 15 is 0 Å². The predicted molar refractivity (Wildman–Crippen MR) is 94.6 cm³/mol. The number of carbonyl (C=O) groups excluding carboxylic acids is 2. The molecule has 4 rings (SSSR count). The Morgan fingerprint density at radius 3 is 2.81 bits per heavy atom. The van der Waals surface area contributed by atoms with Crippen LogP contribution in [0.4, 0.5) is 10.1 Å². The summed E-state index contributed by atoms with van der Waals surface area (Å²) in [5.41, 5.74) is 2.16. The molecule has 0 aliphatic carbocycles. The Morgan fingerprint density at radius 1 is 1.23 bits per heavy atom. The quantitative estimate of drug-likeness (QED) is 0.922. The van der Waals surface area contributed by atoms with Crippen molar-refractivity contribution in [2.75, 3.05) is 18.4 Å². The second-order valence-corrected chi connectivity index (χ2v) is 6.84. The third-order valence-corrected chi connectivity index (χ3v) is 4.80. The Morgan fingerprint density at radius 2 is 2.04 bits per heavy atom. The summed E-state index contributed by atoms with van der Waals surface area (Å²) in [5.74, 6) is -0.658. The first-order valence-electron chi connectivity index (χ1n) is 8.61. The maximum Gasteiger partial charge on any atom is 0.230 e. The molecule has 2 amide bonds. The standard InChI is InChI=1S/C20H19FN2O3/c1-12-3-2-4-14(7-12)26-15-10-23(11-15)20(25)17-9-19(24)22-18-6-5-13(21)8-16(17)18/h2-8,15,17H,9-11H2,1H3,(H,22,24). The monoisotopic (exact) mass is 354 g/mol. The molecular formula is C20H19FN2O3. The average Bonchev–Trinajstić information content (AvgIpc) is 2.57. The molecule has 6 heteroatoms. The minimum Gasteiger partial charge on any atom is -0.487 e. The predicted octanol–water partition coefficient (Wildman–Crippen LogP) is 2.85. The lowest BCUT2D eigenvalue weighted by molar-refractivity contribution is -0.143. The first kappa shape index (κ1) is 16.6. The molecule has 26 heavy (non-hydrogen) atoms. The van der Waals surface area contributed by atoms with Crippen molar-refractivity contribution in [3.05, 3.63) is 59.4 Å². The summed E-state index contributed by atoms with van der Waals surface area (Å²) < 4.78 is 19.5. The molecule has 0 bridgehead atoms. The summed E-state index contributed by atoms with van der Waals surface area (Å²) >= 11 is 0. The third kappa shape index (κ3) is 3.14. The fourth-order valence-electron chi connectivity index (χ4n) is 3.45. The highest BCUT2D eigenvalue weighted by atomic mass is 19.1. The molecule has 1 N–H and O–H groups in total. The lowest BCUT2D eigenvalue weighted by Crippen LogP contribution is -2.57. The zero-order chi connectivity index (χ0) is 18.3. The van der Waals surface area contributed by atoms with E-state index in [9.17, 15) is 14.0 Å². The summed E-state index contributed by atoms with van der Waals surface area (Å²) in [4.78, 5) is 26.4. The number of likely N-dealkylation sites (tertiary alicyclic amines) is 1. The van der Waals surface area contributed by atoms with Gasteiger partial charge in [-0.15, -0.1) is 0 Å². The number of halogens is 1. The first-order valence-corrected chi connectivity index (χ1v) is 8.61. The van der Waals surface area contributed by atoms with E-state index in [1.807, 2.05) is 31.2 Å². The zero-order valence-corrected chi connectivity index (χ0v) is 14.4. The molecule has 5 nitrogen and oxygen atoms in total. The van der Waals surface area contributed by atoms with E-state index in [2.05, 4.69) is 5.32 Å². The number of carbonyl (C=O) groups is 2. The Bertz CT molecular complexity index is 877. The van der Waals surface area contributed by atoms with E-state index in [1.165, 1.54) is 18.2 Å². The van der Waals surface area contributed by atoms with Crippen LogP contribution in [0.2, 0.25) is 0 Å². The van der Waals surface area contributed by atoms with E-state index < -0.39 is 11.7 Å². The molecule has 2 aliphatic heterocycles. The van der Waals surface area contributed by atoms with E-state index in [4.69, 9.17) is 4.74 Å². The summed E-state index contributed by atoms with van der Waals surface area (Å²) in [6.07, 6.45) is -0.0278. The molecule has 134 valence electrons. The Hall–Kier alpha value is -2.89. The fourth-order valence-corrected chi connectivity index (χ4v) is 3.45. The van der Waals surface area contributed by atoms with Gasteiger partial charge in [0.25, 0.3) is 0 Å². The van der Waals surface area contributed by atoms with Gasteiger partial charge in [-0.2, -0.15) is 0 Å². The van der Waals surface area contributed by atoms with Gasteiger partial charge >= 0.3 is 0 Å². The number of ether oxygens (including phenoxy) is 1. The van der Waals surface area contributed by atoms with Crippen LogP contribution in [-0.4, -0.2) is 35.9 Å². The Balaban J connectivity index is 1.43. The van der Waals surface area contributed by atoms with Crippen LogP contribution in [0.25, 0.3) is 0 Å². The summed E-state index contributed by atoms with van der Waals surface area (Å²) in [7, 11) is 0. The molecule has 1 fully saturated rings. The lowest BCUT2D eigenvalue weighted by Gasteiger charge is -2.41. The van der Waals surface area contributed by atoms with Gasteiger partial charge in [0.2, 0.25) is 11.8 Å². The Kier molecular flexibility index (Phi) is 4.11. The van der Waals surface area contributed by atoms with Crippen LogP contribution < -0.4 is 10.1 Å². The molecule has 0 saturated carbocycles. The van der Waals surface area contributed by atoms with Crippen molar-refractivity contribution < 1.29 is 18.7 Å². The normalized spacial score (nSPS) is 19.4. The summed E-state index contributed by atoms with van der Waals surface area (Å²) in [6, 6.07) is 11.9. The number of amides is 2. The molecule has 0 spiro atoms. The van der Waals surface area contributed by atoms with Crippen molar-refractivity contribution in [3.63, 3.8) is 0 Å². The molecular weight excluding hydrogens is 335 g/mol. The van der Waals surface area contributed by atoms with Crippen LogP contribution in [-0.2, 0) is 9.59 Å². The number of hydrogen-bond donors (Lipinski definition) is 1. The molecule has 2 heterocycles. The highest BCUT2D eigenvalue weighted by molar-refractivity contribution is 6.01. The van der Waals surface area contributed by atoms with E-state index in [-0.39, 0.29) is 24.3 Å². The number of aryl methyl sites for hydroxylation is 1. The average molecular weight is 354 g/mol. The second kappa shape index (κ2) is 6.44. The molecule has 0 aromatic heterocycles. The van der Waals surface area contributed by atoms with Crippen LogP contribution in [0.1, 0.15) is 23.5 Å². The number of anilines is 1. The molecule has 0 radical (unpaired) electrons. The van der Waals surface area contributed by atoms with Gasteiger partial charge in [0.15, 0.2) is 0 Å². The molecule has 2 aromatic rings. The van der Waals surface area contributed by atoms with Gasteiger partial charge < -0.3 is 15.0 Å². The summed E-state index contributed by atoms with van der Waals surface area (Å²) in [6.45, 7) is 2.93. The zero-order valence-electron chi connectivity index (χ0n) is 14.4. The maximum absolute atomic E-state index is 13.6. The van der Waals surface area contributed by atoms with Crippen molar-refractivity contribution in [1.29, 1.82) is 0 Å². The fraction of sp³-hybridized carbons (Fsp3) is 0.300. The minimum atomic E-state index is -0.644. The highest BCUT2D eigenvalue weighted by Gasteiger charge is 2.39. The maximum atomic E-state index is 13.6. The van der Waals surface area contributed by atoms with Crippen LogP contribution in [0.5, 0.6) is 5.75 Å². The number of fused-ring (bicyclic) bond motifs is 1. The number of rotatable bonds is 3. The van der Waals surface area contributed by atoms with Gasteiger partial charge in [-0.3, -0.25) is 9.59 Å². The smallest absolute Gasteiger partial charge is 0.230 e. The third-order valence-electron chi connectivity index (χ3n) is 4.80. The van der Waals surface area contributed by atoms with E-state index in [1.54, 1.807) is 4.90 Å². The van der Waals surface area contributed by atoms with Gasteiger partial charge in [-0.25, -0.2) is 4.39 Å². The largest absolute Gasteiger partial charge is 0.487 e. The van der Waals surface area contributed by atoms with Crippen molar-refractivity contribution in [2.24, 2.45) is 0 Å². The highest BCUT2D eigenvalue weighted by Crippen LogP contribution is 2.35. The first-order chi connectivity index (χ1) is 12.5. The van der Waals surface area contributed by atoms with Crippen molar-refractivity contribution >= 4 is 17.5 Å². The van der Waals surface area contributed by atoms with Crippen LogP contribution >= 0.6 is 0 Å². The van der Waals surface area contributed by atoms with Gasteiger partial charge in [0.1, 0.15) is 17.7 Å². The number of nitrogens with one attached hydrogen (secondary N) is 1. The minimum absolute atomic E-state index is 0.0369. The topological polar surface area (TPSA) is 58.6 Å². The van der Waals surface area contributed by atoms with Crippen molar-refractivity contribution in [3.8, 4) is 5.75 Å². The molecule has 2 aromatic carbocycles. The molecule has 1 unspecified atom stereocenters. The number of nitrogens with zero attached hydrogens (tertiary/aromatic N) is 1. The van der Waals surface area contributed by atoms with Crippen LogP contribution in [0, 0.1) is 12.7 Å². The number of benzene rings is 2. The van der Waals surface area contributed by atoms with Gasteiger partial charge in [-0.1, -0.05) is 12.1 Å². The van der Waals surface area contributed by atoms with E-state index in [0.29, 0.717) is 24.3 Å². The summed E-state index contributed by atoms with van der Waals surface area (Å²) in [5, 5.41) is 2.69. The Labute approximate surface area is 150 Å².